The lowest BCUT2D eigenvalue weighted by molar-refractivity contribution is -0.120. The van der Waals surface area contributed by atoms with Crippen molar-refractivity contribution in [2.45, 2.75) is 33.4 Å². The van der Waals surface area contributed by atoms with Gasteiger partial charge in [-0.25, -0.2) is 0 Å². The highest BCUT2D eigenvalue weighted by Crippen LogP contribution is 2.25. The van der Waals surface area contributed by atoms with Gasteiger partial charge in [0.2, 0.25) is 5.91 Å². The second kappa shape index (κ2) is 8.50. The molecule has 0 spiro atoms. The monoisotopic (exact) mass is 351 g/mol. The van der Waals surface area contributed by atoms with E-state index in [4.69, 9.17) is 10.00 Å². The van der Waals surface area contributed by atoms with Crippen LogP contribution in [0.3, 0.4) is 0 Å². The van der Waals surface area contributed by atoms with Crippen LogP contribution in [0.5, 0.6) is 5.75 Å². The molecule has 26 heavy (non-hydrogen) atoms. The number of amides is 1. The maximum atomic E-state index is 12.5. The lowest BCUT2D eigenvalue weighted by Gasteiger charge is -2.24. The number of hydrogen-bond acceptors (Lipinski definition) is 4. The summed E-state index contributed by atoms with van der Waals surface area (Å²) in [7, 11) is 3.60. The van der Waals surface area contributed by atoms with Crippen molar-refractivity contribution in [1.82, 2.24) is 4.90 Å². The molecule has 0 aliphatic rings. The van der Waals surface area contributed by atoms with Crippen LogP contribution < -0.4 is 10.1 Å². The van der Waals surface area contributed by atoms with Crippen LogP contribution in [0.2, 0.25) is 0 Å². The van der Waals surface area contributed by atoms with Crippen LogP contribution >= 0.6 is 0 Å². The fourth-order valence-electron chi connectivity index (χ4n) is 2.99. The fourth-order valence-corrected chi connectivity index (χ4v) is 2.99. The number of ether oxygens (including phenoxy) is 1. The highest BCUT2D eigenvalue weighted by molar-refractivity contribution is 5.94. The summed E-state index contributed by atoms with van der Waals surface area (Å²) in [6.45, 7) is 6.56. The van der Waals surface area contributed by atoms with Gasteiger partial charge in [-0.3, -0.25) is 9.69 Å². The van der Waals surface area contributed by atoms with Crippen molar-refractivity contribution in [3.8, 4) is 11.8 Å². The van der Waals surface area contributed by atoms with E-state index in [2.05, 4.69) is 23.5 Å². The molecule has 0 aliphatic heterocycles. The zero-order valence-electron chi connectivity index (χ0n) is 16.0. The highest BCUT2D eigenvalue weighted by atomic mass is 16.5. The summed E-state index contributed by atoms with van der Waals surface area (Å²) in [6.07, 6.45) is 0. The van der Waals surface area contributed by atoms with Gasteiger partial charge in [-0.05, 0) is 62.7 Å². The Morgan fingerprint density at radius 3 is 2.50 bits per heavy atom. The molecule has 0 saturated carbocycles. The summed E-state index contributed by atoms with van der Waals surface area (Å²) in [5, 5.41) is 11.8. The molecule has 136 valence electrons. The third-order valence-electron chi connectivity index (χ3n) is 4.46. The number of hydrogen-bond donors (Lipinski definition) is 1. The molecule has 1 amide bonds. The van der Waals surface area contributed by atoms with Gasteiger partial charge in [0.15, 0.2) is 0 Å². The van der Waals surface area contributed by atoms with Gasteiger partial charge in [0.25, 0.3) is 0 Å². The quantitative estimate of drug-likeness (QED) is 0.863. The van der Waals surface area contributed by atoms with Crippen LogP contribution in [0.15, 0.2) is 36.4 Å². The summed E-state index contributed by atoms with van der Waals surface area (Å²) < 4.78 is 5.41. The third-order valence-corrected chi connectivity index (χ3v) is 4.46. The molecule has 2 aromatic rings. The van der Waals surface area contributed by atoms with Crippen LogP contribution in [0, 0.1) is 25.2 Å². The van der Waals surface area contributed by atoms with E-state index in [1.54, 1.807) is 31.4 Å². The Kier molecular flexibility index (Phi) is 6.37. The molecule has 0 aromatic heterocycles. The Balaban J connectivity index is 2.05. The molecule has 0 heterocycles. The van der Waals surface area contributed by atoms with Crippen molar-refractivity contribution in [3.63, 3.8) is 0 Å². The number of nitrogens with one attached hydrogen (secondary N) is 1. The van der Waals surface area contributed by atoms with E-state index in [9.17, 15) is 4.79 Å². The van der Waals surface area contributed by atoms with Crippen molar-refractivity contribution in [1.29, 1.82) is 5.26 Å². The van der Waals surface area contributed by atoms with E-state index in [1.165, 1.54) is 0 Å². The predicted molar refractivity (Wildman–Crippen MR) is 103 cm³/mol. The molecule has 1 atom stereocenters. The average Bonchev–Trinajstić information content (AvgIpc) is 2.60. The molecule has 0 bridgehead atoms. The standard InChI is InChI=1S/C21H25N3O2/c1-14-9-18(10-15(2)20(14)26-5)13-24(4)16(3)21(25)23-19-8-6-7-17(11-19)12-22/h6-11,16H,13H2,1-5H3,(H,23,25). The molecule has 0 saturated heterocycles. The maximum Gasteiger partial charge on any atom is 0.241 e. The SMILES string of the molecule is COc1c(C)cc(CN(C)C(C)C(=O)Nc2cccc(C#N)c2)cc1C. The lowest BCUT2D eigenvalue weighted by atomic mass is 10.0. The lowest BCUT2D eigenvalue weighted by Crippen LogP contribution is -2.39. The number of carbonyl (C=O) groups is 1. The molecule has 5 heteroatoms. The van der Waals surface area contributed by atoms with Crippen LogP contribution in [-0.2, 0) is 11.3 Å². The van der Waals surface area contributed by atoms with Crippen molar-refractivity contribution in [2.75, 3.05) is 19.5 Å². The molecule has 1 unspecified atom stereocenters. The van der Waals surface area contributed by atoms with Crippen LogP contribution in [-0.4, -0.2) is 31.0 Å². The first kappa shape index (κ1) is 19.5. The number of nitriles is 1. The number of rotatable bonds is 6. The van der Waals surface area contributed by atoms with Gasteiger partial charge < -0.3 is 10.1 Å². The minimum atomic E-state index is -0.316. The predicted octanol–water partition coefficient (Wildman–Crippen LogP) is 3.64. The second-order valence-corrected chi connectivity index (χ2v) is 6.54. The Labute approximate surface area is 155 Å². The number of nitrogens with zero attached hydrogens (tertiary/aromatic N) is 2. The van der Waals surface area contributed by atoms with Crippen LogP contribution in [0.25, 0.3) is 0 Å². The number of benzene rings is 2. The van der Waals surface area contributed by atoms with Gasteiger partial charge in [-0.2, -0.15) is 5.26 Å². The van der Waals surface area contributed by atoms with Gasteiger partial charge >= 0.3 is 0 Å². The maximum absolute atomic E-state index is 12.5. The van der Waals surface area contributed by atoms with Crippen LogP contribution in [0.4, 0.5) is 5.69 Å². The highest BCUT2D eigenvalue weighted by Gasteiger charge is 2.19. The zero-order valence-corrected chi connectivity index (χ0v) is 16.0. The van der Waals surface area contributed by atoms with E-state index in [0.29, 0.717) is 17.8 Å². The first-order chi connectivity index (χ1) is 12.3. The summed E-state index contributed by atoms with van der Waals surface area (Å²) in [5.74, 6) is 0.795. The smallest absolute Gasteiger partial charge is 0.241 e. The Morgan fingerprint density at radius 1 is 1.27 bits per heavy atom. The average molecular weight is 351 g/mol. The normalized spacial score (nSPS) is 11.7. The van der Waals surface area contributed by atoms with Gasteiger partial charge in [-0.15, -0.1) is 0 Å². The minimum Gasteiger partial charge on any atom is -0.496 e. The van der Waals surface area contributed by atoms with E-state index in [-0.39, 0.29) is 11.9 Å². The van der Waals surface area contributed by atoms with Crippen LogP contribution in [0.1, 0.15) is 29.2 Å². The molecule has 0 fully saturated rings. The fraction of sp³-hybridized carbons (Fsp3) is 0.333. The summed E-state index contributed by atoms with van der Waals surface area (Å²) in [4.78, 5) is 14.5. The summed E-state index contributed by atoms with van der Waals surface area (Å²) >= 11 is 0. The van der Waals surface area contributed by atoms with Gasteiger partial charge in [0, 0.05) is 12.2 Å². The van der Waals surface area contributed by atoms with Gasteiger partial charge in [0.1, 0.15) is 5.75 Å². The molecular weight excluding hydrogens is 326 g/mol. The van der Waals surface area contributed by atoms with Gasteiger partial charge in [-0.1, -0.05) is 18.2 Å². The molecule has 0 aliphatic carbocycles. The van der Waals surface area contributed by atoms with E-state index >= 15 is 0 Å². The molecule has 5 nitrogen and oxygen atoms in total. The second-order valence-electron chi connectivity index (χ2n) is 6.54. The van der Waals surface area contributed by atoms with Crippen molar-refractivity contribution < 1.29 is 9.53 Å². The first-order valence-corrected chi connectivity index (χ1v) is 8.51. The van der Waals surface area contributed by atoms with Gasteiger partial charge in [0.05, 0.1) is 24.8 Å². The molecular formula is C21H25N3O2. The number of carbonyl (C=O) groups excluding carboxylic acids is 1. The number of methoxy groups -OCH3 is 1. The van der Waals surface area contributed by atoms with Crippen molar-refractivity contribution in [3.05, 3.63) is 58.7 Å². The van der Waals surface area contributed by atoms with E-state index in [0.717, 1.165) is 22.4 Å². The number of aryl methyl sites for hydroxylation is 2. The Bertz CT molecular complexity index is 816. The van der Waals surface area contributed by atoms with E-state index < -0.39 is 0 Å². The topological polar surface area (TPSA) is 65.4 Å². The molecule has 0 radical (unpaired) electrons. The molecule has 2 aromatic carbocycles. The summed E-state index contributed by atoms with van der Waals surface area (Å²) in [5.41, 5.74) is 4.45. The minimum absolute atomic E-state index is 0.107. The number of likely N-dealkylation sites (N-methyl/N-ethyl adjacent to an activating group) is 1. The van der Waals surface area contributed by atoms with E-state index in [1.807, 2.05) is 32.7 Å². The Hall–Kier alpha value is -2.84. The summed E-state index contributed by atoms with van der Waals surface area (Å²) in [6, 6.07) is 12.8. The third kappa shape index (κ3) is 4.62. The zero-order chi connectivity index (χ0) is 19.3. The molecule has 1 N–H and O–H groups in total. The number of anilines is 1. The van der Waals surface area contributed by atoms with Crippen molar-refractivity contribution in [2.24, 2.45) is 0 Å². The Morgan fingerprint density at radius 2 is 1.92 bits per heavy atom. The largest absolute Gasteiger partial charge is 0.496 e. The van der Waals surface area contributed by atoms with Crippen molar-refractivity contribution >= 4 is 11.6 Å². The molecule has 2 rings (SSSR count). The first-order valence-electron chi connectivity index (χ1n) is 8.51.